The van der Waals surface area contributed by atoms with E-state index in [4.69, 9.17) is 0 Å². The van der Waals surface area contributed by atoms with Gasteiger partial charge in [-0.2, -0.15) is 5.10 Å². The van der Waals surface area contributed by atoms with Crippen LogP contribution in [0.25, 0.3) is 17.0 Å². The van der Waals surface area contributed by atoms with E-state index in [0.717, 1.165) is 48.6 Å². The number of hydrogen-bond acceptors (Lipinski definition) is 4. The first-order valence-electron chi connectivity index (χ1n) is 9.06. The van der Waals surface area contributed by atoms with Crippen LogP contribution in [-0.2, 0) is 11.8 Å². The van der Waals surface area contributed by atoms with Gasteiger partial charge in [-0.15, -0.1) is 0 Å². The summed E-state index contributed by atoms with van der Waals surface area (Å²) < 4.78 is 1.82. The Labute approximate surface area is 151 Å². The Kier molecular flexibility index (Phi) is 4.46. The van der Waals surface area contributed by atoms with E-state index < -0.39 is 0 Å². The van der Waals surface area contributed by atoms with Gasteiger partial charge < -0.3 is 10.4 Å². The van der Waals surface area contributed by atoms with Crippen LogP contribution in [0.3, 0.4) is 0 Å². The van der Waals surface area contributed by atoms with Gasteiger partial charge in [0.15, 0.2) is 0 Å². The molecule has 1 aromatic heterocycles. The molecule has 0 unspecified atom stereocenters. The number of aryl methyl sites for hydroxylation is 1. The monoisotopic (exact) mass is 353 g/mol. The van der Waals surface area contributed by atoms with Gasteiger partial charge in [0.25, 0.3) is 5.91 Å². The van der Waals surface area contributed by atoms with Crippen molar-refractivity contribution in [3.8, 4) is 0 Å². The minimum Gasteiger partial charge on any atom is -0.393 e. The molecule has 1 aliphatic heterocycles. The summed E-state index contributed by atoms with van der Waals surface area (Å²) >= 11 is 0. The van der Waals surface area contributed by atoms with E-state index in [1.165, 1.54) is 0 Å². The Morgan fingerprint density at radius 3 is 3.04 bits per heavy atom. The van der Waals surface area contributed by atoms with Crippen LogP contribution in [0.15, 0.2) is 35.1 Å². The van der Waals surface area contributed by atoms with Crippen LogP contribution in [-0.4, -0.2) is 38.9 Å². The molecule has 0 radical (unpaired) electrons. The van der Waals surface area contributed by atoms with Crippen molar-refractivity contribution in [2.24, 2.45) is 12.0 Å². The minimum atomic E-state index is -0.218. The van der Waals surface area contributed by atoms with E-state index >= 15 is 0 Å². The molecule has 2 fully saturated rings. The number of amides is 1. The Morgan fingerprint density at radius 2 is 2.15 bits per heavy atom. The molecular weight excluding hydrogens is 330 g/mol. The summed E-state index contributed by atoms with van der Waals surface area (Å²) in [6.45, 7) is 0. The molecule has 4 rings (SSSR count). The number of carbonyl (C=O) groups excluding carboxylic acids is 1. The average molecular weight is 353 g/mol. The SMILES string of the molecule is Cn1ncc2cc(/C=C3\NC(=N[C@H]4CCC[C@H](O)CC4)NC3=O)ccc21. The molecule has 0 spiro atoms. The second kappa shape index (κ2) is 6.92. The van der Waals surface area contributed by atoms with Crippen molar-refractivity contribution >= 4 is 28.8 Å². The average Bonchev–Trinajstić information content (AvgIpc) is 3.07. The van der Waals surface area contributed by atoms with Crippen molar-refractivity contribution in [3.63, 3.8) is 0 Å². The maximum atomic E-state index is 12.2. The number of fused-ring (bicyclic) bond motifs is 1. The zero-order valence-electron chi connectivity index (χ0n) is 14.8. The third-order valence-electron chi connectivity index (χ3n) is 5.03. The van der Waals surface area contributed by atoms with Gasteiger partial charge in [0.05, 0.1) is 23.9 Å². The first kappa shape index (κ1) is 16.8. The second-order valence-corrected chi connectivity index (χ2v) is 7.02. The summed E-state index contributed by atoms with van der Waals surface area (Å²) in [6.07, 6.45) is 7.77. The molecule has 2 aromatic rings. The predicted molar refractivity (Wildman–Crippen MR) is 100 cm³/mol. The van der Waals surface area contributed by atoms with Crippen LogP contribution in [0.5, 0.6) is 0 Å². The molecule has 136 valence electrons. The molecule has 2 heterocycles. The third kappa shape index (κ3) is 3.48. The fourth-order valence-corrected chi connectivity index (χ4v) is 3.57. The molecule has 1 amide bonds. The zero-order chi connectivity index (χ0) is 18.1. The first-order valence-corrected chi connectivity index (χ1v) is 9.06. The molecule has 2 atom stereocenters. The number of nitrogens with zero attached hydrogens (tertiary/aromatic N) is 3. The molecule has 1 saturated carbocycles. The van der Waals surface area contributed by atoms with Crippen molar-refractivity contribution in [3.05, 3.63) is 35.7 Å². The molecule has 1 aromatic carbocycles. The highest BCUT2D eigenvalue weighted by Crippen LogP contribution is 2.21. The molecule has 2 aliphatic rings. The molecule has 0 bridgehead atoms. The number of nitrogens with one attached hydrogen (secondary N) is 2. The molecule has 26 heavy (non-hydrogen) atoms. The van der Waals surface area contributed by atoms with Crippen LogP contribution in [0.1, 0.15) is 37.7 Å². The number of benzene rings is 1. The van der Waals surface area contributed by atoms with Crippen LogP contribution in [0.2, 0.25) is 0 Å². The van der Waals surface area contributed by atoms with Crippen LogP contribution in [0.4, 0.5) is 0 Å². The Hall–Kier alpha value is -2.67. The summed E-state index contributed by atoms with van der Waals surface area (Å²) in [4.78, 5) is 16.9. The van der Waals surface area contributed by atoms with Gasteiger partial charge in [-0.05, 0) is 55.9 Å². The topological polar surface area (TPSA) is 91.5 Å². The lowest BCUT2D eigenvalue weighted by Gasteiger charge is -2.09. The fourth-order valence-electron chi connectivity index (χ4n) is 3.57. The van der Waals surface area contributed by atoms with E-state index in [0.29, 0.717) is 11.7 Å². The highest BCUT2D eigenvalue weighted by Gasteiger charge is 2.24. The van der Waals surface area contributed by atoms with Crippen LogP contribution >= 0.6 is 0 Å². The van der Waals surface area contributed by atoms with Gasteiger partial charge in [-0.3, -0.25) is 14.8 Å². The molecule has 3 N–H and O–H groups in total. The lowest BCUT2D eigenvalue weighted by Crippen LogP contribution is -2.27. The molecule has 7 heteroatoms. The summed E-state index contributed by atoms with van der Waals surface area (Å²) in [6, 6.07) is 6.11. The Morgan fingerprint density at radius 1 is 1.27 bits per heavy atom. The number of guanidine groups is 1. The van der Waals surface area contributed by atoms with E-state index in [9.17, 15) is 9.90 Å². The highest BCUT2D eigenvalue weighted by atomic mass is 16.3. The standard InChI is InChI=1S/C19H23N5O2/c1-24-17-8-5-12(9-13(17)11-20-24)10-16-18(26)23-19(22-16)21-14-3-2-4-15(25)7-6-14/h5,8-11,14-15,25H,2-4,6-7H2,1H3,(H2,21,22,23,26)/b16-10-/t14-,15-/m0/s1. The lowest BCUT2D eigenvalue weighted by atomic mass is 10.1. The maximum Gasteiger partial charge on any atom is 0.274 e. The number of hydrogen-bond donors (Lipinski definition) is 3. The van der Waals surface area contributed by atoms with E-state index in [2.05, 4.69) is 20.7 Å². The Balaban J connectivity index is 1.51. The normalized spacial score (nSPS) is 26.9. The number of aliphatic hydroxyl groups is 1. The number of aliphatic imine (C=N–C) groups is 1. The Bertz CT molecular complexity index is 898. The van der Waals surface area contributed by atoms with Gasteiger partial charge in [-0.1, -0.05) is 6.07 Å². The zero-order valence-corrected chi connectivity index (χ0v) is 14.8. The number of aliphatic hydroxyl groups excluding tert-OH is 1. The van der Waals surface area contributed by atoms with Gasteiger partial charge in [0.1, 0.15) is 5.70 Å². The molecule has 1 aliphatic carbocycles. The molecule has 1 saturated heterocycles. The van der Waals surface area contributed by atoms with Crippen molar-refractivity contribution < 1.29 is 9.90 Å². The number of carbonyl (C=O) groups is 1. The quantitative estimate of drug-likeness (QED) is 0.566. The van der Waals surface area contributed by atoms with Gasteiger partial charge >= 0.3 is 0 Å². The smallest absolute Gasteiger partial charge is 0.274 e. The highest BCUT2D eigenvalue weighted by molar-refractivity contribution is 6.15. The predicted octanol–water partition coefficient (Wildman–Crippen LogP) is 1.68. The first-order chi connectivity index (χ1) is 12.6. The summed E-state index contributed by atoms with van der Waals surface area (Å²) in [5.41, 5.74) is 2.47. The fraction of sp³-hybridized carbons (Fsp3) is 0.421. The van der Waals surface area contributed by atoms with Gasteiger partial charge in [-0.25, -0.2) is 4.99 Å². The molecular formula is C19H23N5O2. The second-order valence-electron chi connectivity index (χ2n) is 7.02. The summed E-state index contributed by atoms with van der Waals surface area (Å²) in [5, 5.41) is 20.9. The van der Waals surface area contributed by atoms with Crippen LogP contribution < -0.4 is 10.6 Å². The van der Waals surface area contributed by atoms with Gasteiger partial charge in [0, 0.05) is 12.4 Å². The maximum absolute atomic E-state index is 12.2. The van der Waals surface area contributed by atoms with Crippen LogP contribution in [0, 0.1) is 0 Å². The minimum absolute atomic E-state index is 0.140. The number of rotatable bonds is 2. The van der Waals surface area contributed by atoms with Gasteiger partial charge in [0.2, 0.25) is 5.96 Å². The van der Waals surface area contributed by atoms with E-state index in [1.54, 1.807) is 0 Å². The summed E-state index contributed by atoms with van der Waals surface area (Å²) in [7, 11) is 1.90. The third-order valence-corrected chi connectivity index (χ3v) is 5.03. The lowest BCUT2D eigenvalue weighted by molar-refractivity contribution is -0.115. The largest absolute Gasteiger partial charge is 0.393 e. The summed E-state index contributed by atoms with van der Waals surface area (Å²) in [5.74, 6) is 0.328. The molecule has 7 nitrogen and oxygen atoms in total. The van der Waals surface area contributed by atoms with Crippen molar-refractivity contribution in [2.75, 3.05) is 0 Å². The number of aromatic nitrogens is 2. The van der Waals surface area contributed by atoms with Crippen molar-refractivity contribution in [2.45, 2.75) is 44.2 Å². The van der Waals surface area contributed by atoms with E-state index in [-0.39, 0.29) is 18.1 Å². The van der Waals surface area contributed by atoms with Crippen molar-refractivity contribution in [1.29, 1.82) is 0 Å². The van der Waals surface area contributed by atoms with E-state index in [1.807, 2.05) is 42.2 Å². The van der Waals surface area contributed by atoms with Crippen molar-refractivity contribution in [1.82, 2.24) is 20.4 Å².